The Kier molecular flexibility index (Phi) is 5.14. The minimum atomic E-state index is -0.724. The fourth-order valence-corrected chi connectivity index (χ4v) is 3.63. The van der Waals surface area contributed by atoms with Gasteiger partial charge >= 0.3 is 11.8 Å². The maximum absolute atomic E-state index is 13.6. The number of rotatable bonds is 2. The van der Waals surface area contributed by atoms with E-state index in [1.807, 2.05) is 0 Å². The van der Waals surface area contributed by atoms with E-state index < -0.39 is 11.8 Å². The van der Waals surface area contributed by atoms with Gasteiger partial charge in [0.25, 0.3) is 0 Å². The molecule has 0 aromatic heterocycles. The maximum atomic E-state index is 13.6. The van der Waals surface area contributed by atoms with Gasteiger partial charge in [-0.3, -0.25) is 9.59 Å². The van der Waals surface area contributed by atoms with E-state index in [1.165, 1.54) is 17.0 Å². The van der Waals surface area contributed by atoms with Gasteiger partial charge in [-0.25, -0.2) is 4.39 Å². The number of ether oxygens (including phenoxy) is 2. The molecule has 1 N–H and O–H groups in total. The van der Waals surface area contributed by atoms with Crippen LogP contribution in [0.3, 0.4) is 0 Å². The van der Waals surface area contributed by atoms with Crippen molar-refractivity contribution < 1.29 is 23.5 Å². The highest BCUT2D eigenvalue weighted by molar-refractivity contribution is 6.39. The fraction of sp³-hybridized carbons (Fsp3) is 0.333. The van der Waals surface area contributed by atoms with Crippen molar-refractivity contribution in [2.24, 2.45) is 0 Å². The molecular weight excluding hydrogens is 363 g/mol. The Bertz CT molecular complexity index is 902. The third kappa shape index (κ3) is 3.78. The van der Waals surface area contributed by atoms with Crippen LogP contribution in [0.1, 0.15) is 30.9 Å². The molecule has 0 radical (unpaired) electrons. The zero-order chi connectivity index (χ0) is 19.5. The lowest BCUT2D eigenvalue weighted by Crippen LogP contribution is -2.39. The molecule has 2 aliphatic heterocycles. The summed E-state index contributed by atoms with van der Waals surface area (Å²) in [5.74, 6) is -0.542. The number of hydrogen-bond donors (Lipinski definition) is 1. The van der Waals surface area contributed by atoms with Gasteiger partial charge in [0.1, 0.15) is 5.82 Å². The smallest absolute Gasteiger partial charge is 0.313 e. The number of nitrogens with zero attached hydrogens (tertiary/aromatic N) is 1. The second kappa shape index (κ2) is 7.88. The average Bonchev–Trinajstić information content (AvgIpc) is 3.06. The van der Waals surface area contributed by atoms with Gasteiger partial charge in [-0.05, 0) is 42.7 Å². The third-order valence-electron chi connectivity index (χ3n) is 4.95. The van der Waals surface area contributed by atoms with Crippen molar-refractivity contribution in [2.45, 2.75) is 25.3 Å². The van der Waals surface area contributed by atoms with Crippen LogP contribution in [0.25, 0.3) is 0 Å². The number of carbonyl (C=O) groups excluding carboxylic acids is 2. The molecule has 2 aromatic rings. The first-order valence-electron chi connectivity index (χ1n) is 9.39. The van der Waals surface area contributed by atoms with Crippen LogP contribution in [0.4, 0.5) is 10.1 Å². The predicted molar refractivity (Wildman–Crippen MR) is 101 cm³/mol. The molecule has 6 nitrogen and oxygen atoms in total. The Balaban J connectivity index is 1.47. The highest BCUT2D eigenvalue weighted by Gasteiger charge is 2.33. The van der Waals surface area contributed by atoms with Crippen molar-refractivity contribution in [1.82, 2.24) is 4.90 Å². The van der Waals surface area contributed by atoms with Gasteiger partial charge in [-0.2, -0.15) is 0 Å². The SMILES string of the molecule is O=C(Nc1ccc2c(c1)OCCCO2)C(=O)N1CCCC1c1cccc(F)c1. The van der Waals surface area contributed by atoms with E-state index in [0.29, 0.717) is 48.9 Å². The maximum Gasteiger partial charge on any atom is 0.313 e. The lowest BCUT2D eigenvalue weighted by Gasteiger charge is -2.24. The van der Waals surface area contributed by atoms with Crippen LogP contribution in [0, 0.1) is 5.82 Å². The zero-order valence-electron chi connectivity index (χ0n) is 15.3. The fourth-order valence-electron chi connectivity index (χ4n) is 3.63. The van der Waals surface area contributed by atoms with E-state index in [2.05, 4.69) is 5.32 Å². The average molecular weight is 384 g/mol. The van der Waals surface area contributed by atoms with Gasteiger partial charge in [-0.15, -0.1) is 0 Å². The van der Waals surface area contributed by atoms with E-state index in [-0.39, 0.29) is 11.9 Å². The first kappa shape index (κ1) is 18.3. The second-order valence-electron chi connectivity index (χ2n) is 6.88. The van der Waals surface area contributed by atoms with Crippen molar-refractivity contribution in [3.05, 3.63) is 53.8 Å². The number of benzene rings is 2. The summed E-state index contributed by atoms with van der Waals surface area (Å²) in [5.41, 5.74) is 1.17. The summed E-state index contributed by atoms with van der Waals surface area (Å²) < 4.78 is 24.7. The largest absolute Gasteiger partial charge is 0.490 e. The number of carbonyl (C=O) groups is 2. The van der Waals surface area contributed by atoms with Gasteiger partial charge in [0.2, 0.25) is 0 Å². The van der Waals surface area contributed by atoms with Crippen LogP contribution >= 0.6 is 0 Å². The summed E-state index contributed by atoms with van der Waals surface area (Å²) in [6, 6.07) is 10.9. The van der Waals surface area contributed by atoms with Crippen LogP contribution < -0.4 is 14.8 Å². The van der Waals surface area contributed by atoms with Crippen molar-refractivity contribution in [3.8, 4) is 11.5 Å². The summed E-state index contributed by atoms with van der Waals surface area (Å²) >= 11 is 0. The summed E-state index contributed by atoms with van der Waals surface area (Å²) in [6.07, 6.45) is 2.25. The van der Waals surface area contributed by atoms with E-state index in [4.69, 9.17) is 9.47 Å². The summed E-state index contributed by atoms with van der Waals surface area (Å²) in [4.78, 5) is 26.8. The number of amides is 2. The normalized spacial score (nSPS) is 18.5. The molecule has 28 heavy (non-hydrogen) atoms. The Hall–Kier alpha value is -3.09. The number of hydrogen-bond acceptors (Lipinski definition) is 4. The predicted octanol–water partition coefficient (Wildman–Crippen LogP) is 3.29. The number of nitrogens with one attached hydrogen (secondary N) is 1. The Morgan fingerprint density at radius 3 is 2.68 bits per heavy atom. The highest BCUT2D eigenvalue weighted by atomic mass is 19.1. The molecule has 2 heterocycles. The highest BCUT2D eigenvalue weighted by Crippen LogP contribution is 2.34. The molecule has 7 heteroatoms. The van der Waals surface area contributed by atoms with Crippen LogP contribution in [0.5, 0.6) is 11.5 Å². The van der Waals surface area contributed by atoms with E-state index in [1.54, 1.807) is 30.3 Å². The van der Waals surface area contributed by atoms with Crippen molar-refractivity contribution in [1.29, 1.82) is 0 Å². The Labute approximate surface area is 162 Å². The summed E-state index contributed by atoms with van der Waals surface area (Å²) in [5, 5.41) is 2.63. The molecule has 1 atom stereocenters. The molecule has 0 saturated carbocycles. The second-order valence-corrected chi connectivity index (χ2v) is 6.88. The van der Waals surface area contributed by atoms with Gasteiger partial charge in [0, 0.05) is 24.7 Å². The first-order valence-corrected chi connectivity index (χ1v) is 9.39. The molecule has 0 aliphatic carbocycles. The van der Waals surface area contributed by atoms with Crippen LogP contribution in [-0.2, 0) is 9.59 Å². The number of halogens is 1. The van der Waals surface area contributed by atoms with Crippen LogP contribution in [-0.4, -0.2) is 36.5 Å². The summed E-state index contributed by atoms with van der Waals surface area (Å²) in [6.45, 7) is 1.58. The quantitative estimate of drug-likeness (QED) is 0.807. The zero-order valence-corrected chi connectivity index (χ0v) is 15.3. The van der Waals surface area contributed by atoms with Gasteiger partial charge in [0.15, 0.2) is 11.5 Å². The molecule has 2 aromatic carbocycles. The molecule has 1 fully saturated rings. The number of fused-ring (bicyclic) bond motifs is 1. The lowest BCUT2D eigenvalue weighted by molar-refractivity contribution is -0.143. The van der Waals surface area contributed by atoms with E-state index >= 15 is 0 Å². The molecule has 4 rings (SSSR count). The Morgan fingerprint density at radius 1 is 1.04 bits per heavy atom. The minimum absolute atomic E-state index is 0.294. The molecule has 2 amide bonds. The third-order valence-corrected chi connectivity index (χ3v) is 4.95. The molecule has 146 valence electrons. The molecule has 1 saturated heterocycles. The molecular formula is C21H21FN2O4. The number of anilines is 1. The van der Waals surface area contributed by atoms with Gasteiger partial charge < -0.3 is 19.7 Å². The Morgan fingerprint density at radius 2 is 1.86 bits per heavy atom. The monoisotopic (exact) mass is 384 g/mol. The van der Waals surface area contributed by atoms with Crippen molar-refractivity contribution >= 4 is 17.5 Å². The molecule has 1 unspecified atom stereocenters. The van der Waals surface area contributed by atoms with Crippen molar-refractivity contribution in [3.63, 3.8) is 0 Å². The molecule has 2 aliphatic rings. The van der Waals surface area contributed by atoms with Crippen molar-refractivity contribution in [2.75, 3.05) is 25.1 Å². The van der Waals surface area contributed by atoms with Gasteiger partial charge in [0.05, 0.1) is 19.3 Å². The summed E-state index contributed by atoms with van der Waals surface area (Å²) in [7, 11) is 0. The number of likely N-dealkylation sites (tertiary alicyclic amines) is 1. The minimum Gasteiger partial charge on any atom is -0.490 e. The molecule has 0 bridgehead atoms. The standard InChI is InChI=1S/C21H21FN2O4/c22-15-5-1-4-14(12-15)17-6-2-9-24(17)21(26)20(25)23-16-7-8-18-19(13-16)28-11-3-10-27-18/h1,4-5,7-8,12-13,17H,2-3,6,9-11H2,(H,23,25). The lowest BCUT2D eigenvalue weighted by atomic mass is 10.0. The van der Waals surface area contributed by atoms with E-state index in [0.717, 1.165) is 12.8 Å². The van der Waals surface area contributed by atoms with Gasteiger partial charge in [-0.1, -0.05) is 12.1 Å². The van der Waals surface area contributed by atoms with Crippen LogP contribution in [0.15, 0.2) is 42.5 Å². The topological polar surface area (TPSA) is 67.9 Å². The molecule has 0 spiro atoms. The first-order chi connectivity index (χ1) is 13.6. The van der Waals surface area contributed by atoms with Crippen LogP contribution in [0.2, 0.25) is 0 Å². The van der Waals surface area contributed by atoms with E-state index in [9.17, 15) is 14.0 Å².